The molecule has 32 heavy (non-hydrogen) atoms. The molecule has 4 rings (SSSR count). The third-order valence-corrected chi connectivity index (χ3v) is 5.67. The van der Waals surface area contributed by atoms with Gasteiger partial charge in [-0.3, -0.25) is 9.36 Å². The predicted molar refractivity (Wildman–Crippen MR) is 122 cm³/mol. The van der Waals surface area contributed by atoms with Crippen LogP contribution in [0.25, 0.3) is 5.69 Å². The molecule has 0 spiro atoms. The maximum Gasteiger partial charge on any atom is 0.227 e. The van der Waals surface area contributed by atoms with E-state index in [0.717, 1.165) is 36.0 Å². The molecule has 0 unspecified atom stereocenters. The average molecular weight is 437 g/mol. The quantitative estimate of drug-likeness (QED) is 0.567. The van der Waals surface area contributed by atoms with Crippen LogP contribution in [-0.2, 0) is 11.2 Å². The number of imidazole rings is 1. The third-order valence-electron chi connectivity index (χ3n) is 5.67. The number of carbonyl (C=O) groups excluding carboxylic acids is 1. The van der Waals surface area contributed by atoms with Gasteiger partial charge in [-0.1, -0.05) is 12.1 Å². The lowest BCUT2D eigenvalue weighted by Gasteiger charge is -2.35. The molecule has 1 fully saturated rings. The molecular weight excluding hydrogens is 408 g/mol. The largest absolute Gasteiger partial charge is 0.497 e. The van der Waals surface area contributed by atoms with Crippen LogP contribution in [0, 0.1) is 0 Å². The lowest BCUT2D eigenvalue weighted by Crippen LogP contribution is -2.49. The predicted octanol–water partition coefficient (Wildman–Crippen LogP) is 2.79. The number of rotatable bonds is 7. The first-order valence-corrected chi connectivity index (χ1v) is 10.5. The van der Waals surface area contributed by atoms with Gasteiger partial charge in [0, 0.05) is 44.6 Å². The van der Waals surface area contributed by atoms with Gasteiger partial charge < -0.3 is 24.0 Å². The van der Waals surface area contributed by atoms with E-state index < -0.39 is 0 Å². The first-order valence-electron chi connectivity index (χ1n) is 10.5. The number of benzene rings is 2. The number of piperazine rings is 1. The molecule has 0 atom stereocenters. The van der Waals surface area contributed by atoms with E-state index >= 15 is 0 Å². The fourth-order valence-electron chi connectivity index (χ4n) is 3.92. The molecule has 2 heterocycles. The molecule has 1 aliphatic rings. The highest BCUT2D eigenvalue weighted by molar-refractivity contribution is 5.79. The van der Waals surface area contributed by atoms with Gasteiger partial charge in [-0.15, -0.1) is 0 Å². The maximum absolute atomic E-state index is 12.9. The molecule has 1 saturated heterocycles. The van der Waals surface area contributed by atoms with Crippen molar-refractivity contribution in [2.45, 2.75) is 6.42 Å². The lowest BCUT2D eigenvalue weighted by molar-refractivity contribution is -0.130. The van der Waals surface area contributed by atoms with Crippen LogP contribution in [0.3, 0.4) is 0 Å². The Kier molecular flexibility index (Phi) is 6.49. The Labute approximate surface area is 187 Å². The summed E-state index contributed by atoms with van der Waals surface area (Å²) in [7, 11) is 4.85. The average Bonchev–Trinajstić information content (AvgIpc) is 3.34. The van der Waals surface area contributed by atoms with Crippen molar-refractivity contribution in [2.24, 2.45) is 0 Å². The Bertz CT molecular complexity index is 1070. The summed E-state index contributed by atoms with van der Waals surface area (Å²) in [6, 6.07) is 13.5. The van der Waals surface area contributed by atoms with Gasteiger partial charge in [-0.25, -0.2) is 4.98 Å². The van der Waals surface area contributed by atoms with Crippen molar-refractivity contribution in [3.8, 4) is 22.9 Å². The van der Waals surface area contributed by atoms with Crippen LogP contribution >= 0.6 is 0 Å². The number of aromatic nitrogens is 2. The van der Waals surface area contributed by atoms with Gasteiger partial charge in [0.15, 0.2) is 11.5 Å². The second-order valence-corrected chi connectivity index (χ2v) is 7.53. The molecule has 1 aliphatic heterocycles. The Balaban J connectivity index is 1.40. The van der Waals surface area contributed by atoms with E-state index in [2.05, 4.69) is 9.88 Å². The summed E-state index contributed by atoms with van der Waals surface area (Å²) in [5.41, 5.74) is 1.90. The molecule has 0 radical (unpaired) electrons. The van der Waals surface area contributed by atoms with Crippen LogP contribution in [0.5, 0.6) is 17.2 Å². The summed E-state index contributed by atoms with van der Waals surface area (Å²) in [4.78, 5) is 21.6. The van der Waals surface area contributed by atoms with E-state index in [4.69, 9.17) is 14.2 Å². The SMILES string of the molecule is COc1cccc(-n2ccnc2N2CCN(C(=O)Cc3ccc(OC)c(OC)c3)CC2)c1. The van der Waals surface area contributed by atoms with Crippen molar-refractivity contribution in [3.05, 3.63) is 60.4 Å². The number of hydrogen-bond acceptors (Lipinski definition) is 6. The summed E-state index contributed by atoms with van der Waals surface area (Å²) in [5.74, 6) is 3.06. The van der Waals surface area contributed by atoms with Crippen molar-refractivity contribution < 1.29 is 19.0 Å². The van der Waals surface area contributed by atoms with Crippen LogP contribution in [0.4, 0.5) is 5.95 Å². The van der Waals surface area contributed by atoms with Crippen LogP contribution in [0.2, 0.25) is 0 Å². The van der Waals surface area contributed by atoms with E-state index in [0.29, 0.717) is 31.0 Å². The molecule has 0 saturated carbocycles. The number of carbonyl (C=O) groups is 1. The minimum Gasteiger partial charge on any atom is -0.497 e. The highest BCUT2D eigenvalue weighted by Crippen LogP contribution is 2.28. The molecule has 0 bridgehead atoms. The van der Waals surface area contributed by atoms with Crippen molar-refractivity contribution in [2.75, 3.05) is 52.4 Å². The molecule has 0 N–H and O–H groups in total. The molecule has 0 aliphatic carbocycles. The first-order chi connectivity index (χ1) is 15.6. The van der Waals surface area contributed by atoms with Crippen molar-refractivity contribution in [3.63, 3.8) is 0 Å². The fourth-order valence-corrected chi connectivity index (χ4v) is 3.92. The summed E-state index contributed by atoms with van der Waals surface area (Å²) in [5, 5.41) is 0. The van der Waals surface area contributed by atoms with Gasteiger partial charge in [-0.05, 0) is 29.8 Å². The Morgan fingerprint density at radius 3 is 2.44 bits per heavy atom. The monoisotopic (exact) mass is 436 g/mol. The van der Waals surface area contributed by atoms with E-state index in [1.165, 1.54) is 0 Å². The zero-order valence-electron chi connectivity index (χ0n) is 18.7. The Morgan fingerprint density at radius 1 is 0.938 bits per heavy atom. The minimum atomic E-state index is 0.105. The van der Waals surface area contributed by atoms with Crippen LogP contribution in [-0.4, -0.2) is 67.9 Å². The number of hydrogen-bond donors (Lipinski definition) is 0. The summed E-state index contributed by atoms with van der Waals surface area (Å²) in [6.07, 6.45) is 4.07. The summed E-state index contributed by atoms with van der Waals surface area (Å²) >= 11 is 0. The second-order valence-electron chi connectivity index (χ2n) is 7.53. The van der Waals surface area contributed by atoms with Gasteiger partial charge in [0.2, 0.25) is 11.9 Å². The van der Waals surface area contributed by atoms with Crippen LogP contribution in [0.15, 0.2) is 54.9 Å². The van der Waals surface area contributed by atoms with E-state index in [9.17, 15) is 4.79 Å². The maximum atomic E-state index is 12.9. The van der Waals surface area contributed by atoms with Gasteiger partial charge in [0.1, 0.15) is 5.75 Å². The zero-order valence-corrected chi connectivity index (χ0v) is 18.7. The zero-order chi connectivity index (χ0) is 22.5. The molecule has 168 valence electrons. The summed E-state index contributed by atoms with van der Waals surface area (Å²) in [6.45, 7) is 2.74. The smallest absolute Gasteiger partial charge is 0.227 e. The van der Waals surface area contributed by atoms with E-state index in [1.807, 2.05) is 58.1 Å². The number of nitrogens with zero attached hydrogens (tertiary/aromatic N) is 4. The Hall–Kier alpha value is -3.68. The van der Waals surface area contributed by atoms with E-state index in [-0.39, 0.29) is 5.91 Å². The molecule has 8 nitrogen and oxygen atoms in total. The van der Waals surface area contributed by atoms with Gasteiger partial charge >= 0.3 is 0 Å². The number of ether oxygens (including phenoxy) is 3. The molecule has 3 aromatic rings. The van der Waals surface area contributed by atoms with Gasteiger partial charge in [0.05, 0.1) is 33.4 Å². The highest BCUT2D eigenvalue weighted by atomic mass is 16.5. The lowest BCUT2D eigenvalue weighted by atomic mass is 10.1. The Morgan fingerprint density at radius 2 is 1.72 bits per heavy atom. The number of methoxy groups -OCH3 is 3. The molecule has 1 amide bonds. The van der Waals surface area contributed by atoms with E-state index in [1.54, 1.807) is 27.5 Å². The van der Waals surface area contributed by atoms with Crippen molar-refractivity contribution in [1.29, 1.82) is 0 Å². The molecule has 1 aromatic heterocycles. The second kappa shape index (κ2) is 9.64. The summed E-state index contributed by atoms with van der Waals surface area (Å²) < 4.78 is 18.0. The van der Waals surface area contributed by atoms with Gasteiger partial charge in [0.25, 0.3) is 0 Å². The highest BCUT2D eigenvalue weighted by Gasteiger charge is 2.24. The minimum absolute atomic E-state index is 0.105. The molecular formula is C24H28N4O4. The van der Waals surface area contributed by atoms with Crippen molar-refractivity contribution >= 4 is 11.9 Å². The van der Waals surface area contributed by atoms with Gasteiger partial charge in [-0.2, -0.15) is 0 Å². The standard InChI is InChI=1S/C24H28N4O4/c1-30-20-6-4-5-19(17-20)28-10-9-25-24(28)27-13-11-26(12-14-27)23(29)16-18-7-8-21(31-2)22(15-18)32-3/h4-10,15,17H,11-14,16H2,1-3H3. The first kappa shape index (κ1) is 21.5. The van der Waals surface area contributed by atoms with Crippen LogP contribution in [0.1, 0.15) is 5.56 Å². The third kappa shape index (κ3) is 4.49. The topological polar surface area (TPSA) is 69.1 Å². The molecule has 2 aromatic carbocycles. The normalized spacial score (nSPS) is 13.7. The number of anilines is 1. The van der Waals surface area contributed by atoms with Crippen LogP contribution < -0.4 is 19.1 Å². The molecule has 8 heteroatoms. The van der Waals surface area contributed by atoms with Crippen molar-refractivity contribution in [1.82, 2.24) is 14.5 Å². The number of amides is 1. The fraction of sp³-hybridized carbons (Fsp3) is 0.333.